The zero-order valence-electron chi connectivity index (χ0n) is 19.6. The quantitative estimate of drug-likeness (QED) is 0.387. The van der Waals surface area contributed by atoms with Gasteiger partial charge in [0, 0.05) is 11.3 Å². The van der Waals surface area contributed by atoms with E-state index >= 15 is 0 Å². The number of aromatic nitrogens is 3. The largest absolute Gasteiger partial charge is 0.508 e. The molecule has 0 aliphatic carbocycles. The Morgan fingerprint density at radius 2 is 1.92 bits per heavy atom. The molecule has 1 unspecified atom stereocenters. The van der Waals surface area contributed by atoms with Crippen molar-refractivity contribution in [3.63, 3.8) is 0 Å². The number of methoxy groups -OCH3 is 1. The van der Waals surface area contributed by atoms with Gasteiger partial charge in [-0.05, 0) is 48.9 Å². The van der Waals surface area contributed by atoms with E-state index in [0.29, 0.717) is 45.6 Å². The van der Waals surface area contributed by atoms with Gasteiger partial charge in [-0.25, -0.2) is 4.68 Å². The predicted molar refractivity (Wildman–Crippen MR) is 134 cm³/mol. The molecule has 0 saturated carbocycles. The van der Waals surface area contributed by atoms with Crippen LogP contribution in [0.4, 0.5) is 11.6 Å². The van der Waals surface area contributed by atoms with Crippen LogP contribution in [0.25, 0.3) is 11.4 Å². The molecular weight excluding hydrogens is 456 g/mol. The fraction of sp³-hybridized carbons (Fsp3) is 0.111. The summed E-state index contributed by atoms with van der Waals surface area (Å²) in [5, 5.41) is 30.0. The maximum atomic E-state index is 13.7. The van der Waals surface area contributed by atoms with Gasteiger partial charge >= 0.3 is 0 Å². The Kier molecular flexibility index (Phi) is 5.84. The summed E-state index contributed by atoms with van der Waals surface area (Å²) in [6.45, 7) is 1.81. The van der Waals surface area contributed by atoms with Crippen LogP contribution < -0.4 is 15.4 Å². The molecular formula is C27H22N6O3. The minimum Gasteiger partial charge on any atom is -0.508 e. The van der Waals surface area contributed by atoms with Crippen LogP contribution in [0.1, 0.15) is 24.1 Å². The van der Waals surface area contributed by atoms with E-state index in [2.05, 4.69) is 21.7 Å². The number of nitrogens with one attached hydrogen (secondary N) is 2. The van der Waals surface area contributed by atoms with Crippen LogP contribution in [-0.2, 0) is 4.79 Å². The van der Waals surface area contributed by atoms with Crippen LogP contribution in [0.2, 0.25) is 0 Å². The summed E-state index contributed by atoms with van der Waals surface area (Å²) in [5.74, 6) is 1.15. The molecule has 0 fully saturated rings. The molecule has 9 heteroatoms. The number of para-hydroxylation sites is 2. The highest BCUT2D eigenvalue weighted by Gasteiger charge is 2.34. The average molecular weight is 479 g/mol. The van der Waals surface area contributed by atoms with Crippen molar-refractivity contribution in [2.24, 2.45) is 0 Å². The molecule has 2 heterocycles. The Hall–Kier alpha value is -5.10. The highest BCUT2D eigenvalue weighted by molar-refractivity contribution is 6.06. The number of carbonyl (C=O) groups is 1. The SMILES string of the molecule is COc1ccccc1NC(=O)C1=C(C)Nc2nc(-c3cccc(O)c3)nn2C1c1ccc(C#N)cc1. The third kappa shape index (κ3) is 4.12. The van der Waals surface area contributed by atoms with E-state index in [1.807, 2.05) is 12.1 Å². The maximum Gasteiger partial charge on any atom is 0.255 e. The molecule has 0 radical (unpaired) electrons. The Labute approximate surface area is 207 Å². The van der Waals surface area contributed by atoms with Crippen LogP contribution >= 0.6 is 0 Å². The Morgan fingerprint density at radius 3 is 2.64 bits per heavy atom. The number of allylic oxidation sites excluding steroid dienone is 1. The molecule has 1 aromatic heterocycles. The molecule has 1 atom stereocenters. The highest BCUT2D eigenvalue weighted by atomic mass is 16.5. The summed E-state index contributed by atoms with van der Waals surface area (Å²) >= 11 is 0. The summed E-state index contributed by atoms with van der Waals surface area (Å²) in [7, 11) is 1.54. The van der Waals surface area contributed by atoms with E-state index in [-0.39, 0.29) is 11.7 Å². The number of benzene rings is 3. The minimum absolute atomic E-state index is 0.100. The molecule has 3 aromatic carbocycles. The van der Waals surface area contributed by atoms with Crippen LogP contribution in [0.15, 0.2) is 84.1 Å². The smallest absolute Gasteiger partial charge is 0.255 e. The number of amides is 1. The van der Waals surface area contributed by atoms with Gasteiger partial charge in [0.05, 0.1) is 30.0 Å². The maximum absolute atomic E-state index is 13.7. The lowest BCUT2D eigenvalue weighted by atomic mass is 9.94. The minimum atomic E-state index is -0.623. The number of phenolic OH excluding ortho intramolecular Hbond substituents is 1. The summed E-state index contributed by atoms with van der Waals surface area (Å²) in [5.41, 5.74) is 3.48. The summed E-state index contributed by atoms with van der Waals surface area (Å²) in [6.07, 6.45) is 0. The van der Waals surface area contributed by atoms with Crippen LogP contribution in [0.3, 0.4) is 0 Å². The molecule has 178 valence electrons. The van der Waals surface area contributed by atoms with Gasteiger partial charge in [-0.2, -0.15) is 10.2 Å². The Bertz CT molecular complexity index is 1530. The van der Waals surface area contributed by atoms with Gasteiger partial charge in [-0.3, -0.25) is 4.79 Å². The second-order valence-corrected chi connectivity index (χ2v) is 8.21. The first-order valence-corrected chi connectivity index (χ1v) is 11.2. The zero-order valence-corrected chi connectivity index (χ0v) is 19.6. The van der Waals surface area contributed by atoms with Crippen molar-refractivity contribution in [3.05, 3.63) is 95.2 Å². The molecule has 1 aliphatic heterocycles. The number of ether oxygens (including phenoxy) is 1. The zero-order chi connectivity index (χ0) is 25.2. The lowest BCUT2D eigenvalue weighted by molar-refractivity contribution is -0.113. The highest BCUT2D eigenvalue weighted by Crippen LogP contribution is 2.37. The first kappa shape index (κ1) is 22.7. The molecule has 0 spiro atoms. The summed E-state index contributed by atoms with van der Waals surface area (Å²) < 4.78 is 7.03. The standard InChI is InChI=1S/C27H22N6O3/c1-16-23(26(35)30-21-8-3-4-9-22(21)36-2)24(18-12-10-17(15-28)11-13-18)33-27(29-16)31-25(32-33)19-6-5-7-20(34)14-19/h3-14,24,34H,1-2H3,(H,30,35)(H,29,31,32). The summed E-state index contributed by atoms with van der Waals surface area (Å²) in [6, 6.07) is 22.3. The third-order valence-corrected chi connectivity index (χ3v) is 5.91. The number of fused-ring (bicyclic) bond motifs is 1. The van der Waals surface area contributed by atoms with Gasteiger partial charge in [0.1, 0.15) is 17.5 Å². The third-order valence-electron chi connectivity index (χ3n) is 5.91. The number of nitrogens with zero attached hydrogens (tertiary/aromatic N) is 4. The number of hydrogen-bond donors (Lipinski definition) is 3. The number of aromatic hydroxyl groups is 1. The topological polar surface area (TPSA) is 125 Å². The number of nitriles is 1. The summed E-state index contributed by atoms with van der Waals surface area (Å²) in [4.78, 5) is 18.3. The van der Waals surface area contributed by atoms with Crippen molar-refractivity contribution in [1.82, 2.24) is 14.8 Å². The van der Waals surface area contributed by atoms with Gasteiger partial charge in [0.25, 0.3) is 5.91 Å². The van der Waals surface area contributed by atoms with Crippen molar-refractivity contribution in [2.75, 3.05) is 17.7 Å². The van der Waals surface area contributed by atoms with Crippen LogP contribution in [0.5, 0.6) is 11.5 Å². The molecule has 3 N–H and O–H groups in total. The number of phenols is 1. The first-order chi connectivity index (χ1) is 17.5. The van der Waals surface area contributed by atoms with E-state index in [0.717, 1.165) is 5.56 Å². The van der Waals surface area contributed by atoms with E-state index in [1.54, 1.807) is 79.4 Å². The monoisotopic (exact) mass is 478 g/mol. The van der Waals surface area contributed by atoms with Gasteiger partial charge < -0.3 is 20.5 Å². The van der Waals surface area contributed by atoms with Crippen molar-refractivity contribution >= 4 is 17.5 Å². The van der Waals surface area contributed by atoms with Gasteiger partial charge in [0.15, 0.2) is 5.82 Å². The fourth-order valence-electron chi connectivity index (χ4n) is 4.20. The van der Waals surface area contributed by atoms with Crippen LogP contribution in [-0.4, -0.2) is 32.9 Å². The molecule has 0 bridgehead atoms. The molecule has 1 aliphatic rings. The van der Waals surface area contributed by atoms with Crippen molar-refractivity contribution in [2.45, 2.75) is 13.0 Å². The molecule has 36 heavy (non-hydrogen) atoms. The molecule has 0 saturated heterocycles. The Morgan fingerprint density at radius 1 is 1.14 bits per heavy atom. The van der Waals surface area contributed by atoms with E-state index in [9.17, 15) is 15.2 Å². The molecule has 1 amide bonds. The van der Waals surface area contributed by atoms with Crippen molar-refractivity contribution < 1.29 is 14.6 Å². The number of carbonyl (C=O) groups excluding carboxylic acids is 1. The van der Waals surface area contributed by atoms with E-state index in [4.69, 9.17) is 9.84 Å². The molecule has 4 aromatic rings. The number of rotatable bonds is 5. The second-order valence-electron chi connectivity index (χ2n) is 8.21. The first-order valence-electron chi connectivity index (χ1n) is 11.2. The fourth-order valence-corrected chi connectivity index (χ4v) is 4.20. The number of hydrogen-bond acceptors (Lipinski definition) is 7. The van der Waals surface area contributed by atoms with Crippen molar-refractivity contribution in [3.8, 4) is 29.0 Å². The van der Waals surface area contributed by atoms with Gasteiger partial charge in [0.2, 0.25) is 5.95 Å². The predicted octanol–water partition coefficient (Wildman–Crippen LogP) is 4.46. The lowest BCUT2D eigenvalue weighted by Crippen LogP contribution is -2.31. The average Bonchev–Trinajstić information content (AvgIpc) is 3.32. The molecule has 5 rings (SSSR count). The normalized spacial score (nSPS) is 14.4. The van der Waals surface area contributed by atoms with E-state index in [1.165, 1.54) is 0 Å². The van der Waals surface area contributed by atoms with Gasteiger partial charge in [-0.1, -0.05) is 36.4 Å². The second kappa shape index (κ2) is 9.27. The van der Waals surface area contributed by atoms with E-state index < -0.39 is 6.04 Å². The van der Waals surface area contributed by atoms with Gasteiger partial charge in [-0.15, -0.1) is 5.10 Å². The molecule has 9 nitrogen and oxygen atoms in total. The lowest BCUT2D eigenvalue weighted by Gasteiger charge is -2.28. The Balaban J connectivity index is 1.61. The van der Waals surface area contributed by atoms with Crippen LogP contribution in [0, 0.1) is 11.3 Å². The van der Waals surface area contributed by atoms with Crippen molar-refractivity contribution in [1.29, 1.82) is 5.26 Å². The number of anilines is 2.